The quantitative estimate of drug-likeness (QED) is 0.899. The Kier molecular flexibility index (Phi) is 3.60. The predicted molar refractivity (Wildman–Crippen MR) is 72.6 cm³/mol. The summed E-state index contributed by atoms with van der Waals surface area (Å²) in [5.41, 5.74) is 1.99. The van der Waals surface area contributed by atoms with Gasteiger partial charge < -0.3 is 5.32 Å². The molecular weight excluding hydrogens is 226 g/mol. The zero-order chi connectivity index (χ0) is 13.1. The molecule has 0 spiro atoms. The van der Waals surface area contributed by atoms with Crippen molar-refractivity contribution in [1.29, 1.82) is 0 Å². The molecule has 0 bridgehead atoms. The Morgan fingerprint density at radius 1 is 1.33 bits per heavy atom. The summed E-state index contributed by atoms with van der Waals surface area (Å²) in [6.45, 7) is 7.12. The minimum Gasteiger partial charge on any atom is -0.373 e. The van der Waals surface area contributed by atoms with Crippen molar-refractivity contribution in [3.8, 4) is 11.5 Å². The summed E-state index contributed by atoms with van der Waals surface area (Å²) in [5, 5.41) is 7.34. The van der Waals surface area contributed by atoms with Gasteiger partial charge >= 0.3 is 0 Å². The zero-order valence-electron chi connectivity index (χ0n) is 11.3. The standard InChI is InChI=1S/C13H19N5/c1-5-18-11(6-7-15-18)13-16-10(9(2)3)8-12(14-4)17-13/h6-9H,5H2,1-4H3,(H,14,16,17). The highest BCUT2D eigenvalue weighted by molar-refractivity contribution is 5.53. The molecule has 0 aliphatic rings. The first kappa shape index (κ1) is 12.5. The smallest absolute Gasteiger partial charge is 0.180 e. The average Bonchev–Trinajstić information content (AvgIpc) is 2.86. The Hall–Kier alpha value is -1.91. The van der Waals surface area contributed by atoms with Gasteiger partial charge in [-0.3, -0.25) is 4.68 Å². The second-order valence-electron chi connectivity index (χ2n) is 4.44. The van der Waals surface area contributed by atoms with E-state index in [2.05, 4.69) is 41.2 Å². The third-order valence-corrected chi connectivity index (χ3v) is 2.84. The van der Waals surface area contributed by atoms with Gasteiger partial charge in [0.05, 0.1) is 0 Å². The van der Waals surface area contributed by atoms with E-state index in [9.17, 15) is 0 Å². The average molecular weight is 245 g/mol. The van der Waals surface area contributed by atoms with Crippen molar-refractivity contribution < 1.29 is 0 Å². The van der Waals surface area contributed by atoms with Gasteiger partial charge in [0.2, 0.25) is 0 Å². The van der Waals surface area contributed by atoms with E-state index in [1.807, 2.05) is 23.9 Å². The lowest BCUT2D eigenvalue weighted by Crippen LogP contribution is -2.06. The van der Waals surface area contributed by atoms with E-state index in [0.29, 0.717) is 5.92 Å². The Bertz CT molecular complexity index is 530. The molecule has 0 aliphatic heterocycles. The van der Waals surface area contributed by atoms with Gasteiger partial charge in [-0.2, -0.15) is 5.10 Å². The fraction of sp³-hybridized carbons (Fsp3) is 0.462. The molecule has 0 saturated heterocycles. The molecule has 5 heteroatoms. The van der Waals surface area contributed by atoms with Crippen molar-refractivity contribution in [2.45, 2.75) is 33.2 Å². The van der Waals surface area contributed by atoms with Gasteiger partial charge in [-0.25, -0.2) is 9.97 Å². The number of nitrogens with one attached hydrogen (secondary N) is 1. The van der Waals surface area contributed by atoms with Crippen LogP contribution in [-0.2, 0) is 6.54 Å². The van der Waals surface area contributed by atoms with Crippen LogP contribution in [0.2, 0.25) is 0 Å². The molecule has 0 fully saturated rings. The van der Waals surface area contributed by atoms with Crippen LogP contribution in [0.15, 0.2) is 18.3 Å². The van der Waals surface area contributed by atoms with E-state index >= 15 is 0 Å². The third-order valence-electron chi connectivity index (χ3n) is 2.84. The van der Waals surface area contributed by atoms with Gasteiger partial charge in [0.1, 0.15) is 11.5 Å². The number of hydrogen-bond acceptors (Lipinski definition) is 4. The van der Waals surface area contributed by atoms with Crippen molar-refractivity contribution in [3.63, 3.8) is 0 Å². The Balaban J connectivity index is 2.53. The van der Waals surface area contributed by atoms with E-state index in [1.54, 1.807) is 6.20 Å². The van der Waals surface area contributed by atoms with E-state index in [0.717, 1.165) is 29.6 Å². The van der Waals surface area contributed by atoms with Crippen LogP contribution in [0.3, 0.4) is 0 Å². The third kappa shape index (κ3) is 2.34. The highest BCUT2D eigenvalue weighted by atomic mass is 15.3. The monoisotopic (exact) mass is 245 g/mol. The molecule has 5 nitrogen and oxygen atoms in total. The largest absolute Gasteiger partial charge is 0.373 e. The second-order valence-corrected chi connectivity index (χ2v) is 4.44. The van der Waals surface area contributed by atoms with Gasteiger partial charge in [-0.05, 0) is 18.9 Å². The summed E-state index contributed by atoms with van der Waals surface area (Å²) in [6.07, 6.45) is 1.78. The van der Waals surface area contributed by atoms with Crippen molar-refractivity contribution in [2.24, 2.45) is 0 Å². The number of aromatic nitrogens is 4. The summed E-state index contributed by atoms with van der Waals surface area (Å²) in [7, 11) is 1.87. The maximum atomic E-state index is 4.62. The Morgan fingerprint density at radius 2 is 2.11 bits per heavy atom. The molecule has 0 unspecified atom stereocenters. The first-order valence-corrected chi connectivity index (χ1v) is 6.24. The first-order chi connectivity index (χ1) is 8.65. The zero-order valence-corrected chi connectivity index (χ0v) is 11.3. The lowest BCUT2D eigenvalue weighted by atomic mass is 10.1. The summed E-state index contributed by atoms with van der Waals surface area (Å²) in [6, 6.07) is 3.93. The molecule has 0 amide bonds. The molecule has 0 atom stereocenters. The summed E-state index contributed by atoms with van der Waals surface area (Å²) < 4.78 is 1.90. The van der Waals surface area contributed by atoms with Crippen LogP contribution in [0.25, 0.3) is 11.5 Å². The number of hydrogen-bond donors (Lipinski definition) is 1. The Morgan fingerprint density at radius 3 is 2.72 bits per heavy atom. The molecule has 1 N–H and O–H groups in total. The highest BCUT2D eigenvalue weighted by Crippen LogP contribution is 2.21. The summed E-state index contributed by atoms with van der Waals surface area (Å²) in [4.78, 5) is 9.12. The molecule has 2 aromatic heterocycles. The fourth-order valence-electron chi connectivity index (χ4n) is 1.78. The van der Waals surface area contributed by atoms with Crippen LogP contribution >= 0.6 is 0 Å². The van der Waals surface area contributed by atoms with E-state index in [4.69, 9.17) is 0 Å². The number of anilines is 1. The summed E-state index contributed by atoms with van der Waals surface area (Å²) in [5.74, 6) is 1.94. The maximum absolute atomic E-state index is 4.62. The lowest BCUT2D eigenvalue weighted by molar-refractivity contribution is 0.662. The van der Waals surface area contributed by atoms with Crippen molar-refractivity contribution in [3.05, 3.63) is 24.0 Å². The van der Waals surface area contributed by atoms with E-state index in [-0.39, 0.29) is 0 Å². The molecule has 0 aromatic carbocycles. The van der Waals surface area contributed by atoms with Crippen molar-refractivity contribution in [1.82, 2.24) is 19.7 Å². The minimum atomic E-state index is 0.372. The topological polar surface area (TPSA) is 55.6 Å². The normalized spacial score (nSPS) is 10.9. The van der Waals surface area contributed by atoms with Crippen LogP contribution < -0.4 is 5.32 Å². The van der Waals surface area contributed by atoms with Crippen molar-refractivity contribution >= 4 is 5.82 Å². The second kappa shape index (κ2) is 5.16. The molecule has 2 heterocycles. The molecule has 96 valence electrons. The molecule has 0 saturated carbocycles. The molecule has 2 rings (SSSR count). The van der Waals surface area contributed by atoms with Crippen LogP contribution in [0, 0.1) is 0 Å². The lowest BCUT2D eigenvalue weighted by Gasteiger charge is -2.10. The van der Waals surface area contributed by atoms with Crippen LogP contribution in [0.5, 0.6) is 0 Å². The Labute approximate surface area is 107 Å². The van der Waals surface area contributed by atoms with E-state index < -0.39 is 0 Å². The first-order valence-electron chi connectivity index (χ1n) is 6.24. The molecule has 18 heavy (non-hydrogen) atoms. The van der Waals surface area contributed by atoms with Gasteiger partial charge in [0, 0.05) is 31.5 Å². The molecule has 2 aromatic rings. The SMILES string of the molecule is CCn1nccc1-c1nc(NC)cc(C(C)C)n1. The highest BCUT2D eigenvalue weighted by Gasteiger charge is 2.12. The molecule has 0 aliphatic carbocycles. The van der Waals surface area contributed by atoms with Crippen molar-refractivity contribution in [2.75, 3.05) is 12.4 Å². The van der Waals surface area contributed by atoms with Crippen LogP contribution in [-0.4, -0.2) is 26.8 Å². The van der Waals surface area contributed by atoms with Crippen LogP contribution in [0.4, 0.5) is 5.82 Å². The maximum Gasteiger partial charge on any atom is 0.180 e. The van der Waals surface area contributed by atoms with Gasteiger partial charge in [-0.1, -0.05) is 13.8 Å². The van der Waals surface area contributed by atoms with Gasteiger partial charge in [-0.15, -0.1) is 0 Å². The predicted octanol–water partition coefficient (Wildman–Crippen LogP) is 2.53. The molecular formula is C13H19N5. The van der Waals surface area contributed by atoms with Gasteiger partial charge in [0.15, 0.2) is 5.82 Å². The number of rotatable bonds is 4. The number of aryl methyl sites for hydroxylation is 1. The van der Waals surface area contributed by atoms with E-state index in [1.165, 1.54) is 0 Å². The molecule has 0 radical (unpaired) electrons. The summed E-state index contributed by atoms with van der Waals surface area (Å²) >= 11 is 0. The number of nitrogens with zero attached hydrogens (tertiary/aromatic N) is 4. The van der Waals surface area contributed by atoms with Crippen LogP contribution in [0.1, 0.15) is 32.4 Å². The minimum absolute atomic E-state index is 0.372. The van der Waals surface area contributed by atoms with Gasteiger partial charge in [0.25, 0.3) is 0 Å². The fourth-order valence-corrected chi connectivity index (χ4v) is 1.78.